The molecule has 0 N–H and O–H groups in total. The minimum absolute atomic E-state index is 0.109. The van der Waals surface area contributed by atoms with Crippen molar-refractivity contribution in [2.45, 2.75) is 32.2 Å². The van der Waals surface area contributed by atoms with E-state index in [4.69, 9.17) is 11.6 Å². The number of rotatable bonds is 3. The molecule has 3 rings (SSSR count). The fourth-order valence-corrected chi connectivity index (χ4v) is 3.33. The van der Waals surface area contributed by atoms with Gasteiger partial charge in [-0.25, -0.2) is 9.97 Å². The Bertz CT molecular complexity index is 747. The third-order valence-corrected chi connectivity index (χ3v) is 4.58. The van der Waals surface area contributed by atoms with E-state index in [0.29, 0.717) is 0 Å². The molecular weight excluding hydrogens is 292 g/mol. The number of alkyl halides is 1. The van der Waals surface area contributed by atoms with Gasteiger partial charge in [0.05, 0.1) is 23.1 Å². The first-order chi connectivity index (χ1) is 9.58. The number of thiazole rings is 1. The van der Waals surface area contributed by atoms with Gasteiger partial charge in [-0.3, -0.25) is 4.98 Å². The monoisotopic (exact) mass is 306 g/mol. The quantitative estimate of drug-likeness (QED) is 0.684. The molecule has 4 nitrogen and oxygen atoms in total. The average Bonchev–Trinajstić information content (AvgIpc) is 3.01. The lowest BCUT2D eigenvalue weighted by Crippen LogP contribution is -2.11. The van der Waals surface area contributed by atoms with Gasteiger partial charge in [0.2, 0.25) is 0 Å². The van der Waals surface area contributed by atoms with Gasteiger partial charge < -0.3 is 4.57 Å². The van der Waals surface area contributed by atoms with Crippen molar-refractivity contribution in [3.8, 4) is 0 Å². The summed E-state index contributed by atoms with van der Waals surface area (Å²) in [6.45, 7) is 6.07. The second-order valence-corrected chi connectivity index (χ2v) is 6.37. The summed E-state index contributed by atoms with van der Waals surface area (Å²) in [6, 6.07) is 2.08. The number of pyridine rings is 1. The summed E-state index contributed by atoms with van der Waals surface area (Å²) >= 11 is 7.96. The minimum atomic E-state index is -0.161. The lowest BCUT2D eigenvalue weighted by Gasteiger charge is -2.16. The summed E-state index contributed by atoms with van der Waals surface area (Å²) < 4.78 is 2.16. The number of halogens is 1. The summed E-state index contributed by atoms with van der Waals surface area (Å²) in [5.41, 5.74) is 2.96. The van der Waals surface area contributed by atoms with E-state index < -0.39 is 0 Å². The predicted molar refractivity (Wildman–Crippen MR) is 82.5 cm³/mol. The summed E-state index contributed by atoms with van der Waals surface area (Å²) in [6.07, 6.45) is 3.55. The van der Waals surface area contributed by atoms with Crippen LogP contribution in [0.4, 0.5) is 0 Å². The third-order valence-electron chi connectivity index (χ3n) is 3.26. The Morgan fingerprint density at radius 1 is 1.30 bits per heavy atom. The van der Waals surface area contributed by atoms with Crippen LogP contribution >= 0.6 is 22.9 Å². The van der Waals surface area contributed by atoms with Crippen molar-refractivity contribution >= 4 is 34.0 Å². The van der Waals surface area contributed by atoms with Crippen LogP contribution < -0.4 is 0 Å². The Morgan fingerprint density at radius 2 is 2.10 bits per heavy atom. The van der Waals surface area contributed by atoms with Gasteiger partial charge in [-0.2, -0.15) is 0 Å². The zero-order valence-corrected chi connectivity index (χ0v) is 13.1. The first kappa shape index (κ1) is 13.5. The number of hydrogen-bond acceptors (Lipinski definition) is 4. The molecule has 0 amide bonds. The predicted octanol–water partition coefficient (Wildman–Crippen LogP) is 4.11. The zero-order chi connectivity index (χ0) is 14.3. The van der Waals surface area contributed by atoms with Crippen LogP contribution in [0.3, 0.4) is 0 Å². The van der Waals surface area contributed by atoms with E-state index in [1.54, 1.807) is 23.7 Å². The fourth-order valence-electron chi connectivity index (χ4n) is 2.33. The van der Waals surface area contributed by atoms with Crippen LogP contribution in [-0.4, -0.2) is 19.5 Å². The van der Waals surface area contributed by atoms with Gasteiger partial charge in [0.25, 0.3) is 0 Å². The molecule has 0 aliphatic rings. The van der Waals surface area contributed by atoms with Crippen molar-refractivity contribution in [1.82, 2.24) is 19.5 Å². The molecule has 3 aromatic rings. The molecule has 0 bridgehead atoms. The van der Waals surface area contributed by atoms with Crippen molar-refractivity contribution in [2.24, 2.45) is 0 Å². The van der Waals surface area contributed by atoms with E-state index in [2.05, 4.69) is 31.8 Å². The molecule has 0 fully saturated rings. The summed E-state index contributed by atoms with van der Waals surface area (Å²) in [5.74, 6) is 0.856. The van der Waals surface area contributed by atoms with Crippen LogP contribution in [-0.2, 0) is 0 Å². The van der Waals surface area contributed by atoms with Crippen LogP contribution in [0.1, 0.15) is 41.8 Å². The van der Waals surface area contributed by atoms with Crippen LogP contribution in [0, 0.1) is 6.92 Å². The maximum atomic E-state index is 6.30. The molecule has 0 radical (unpaired) electrons. The largest absolute Gasteiger partial charge is 0.317 e. The Kier molecular flexibility index (Phi) is 3.48. The number of aromatic nitrogens is 4. The molecule has 3 heterocycles. The normalized spacial score (nSPS) is 14.6. The molecule has 0 aliphatic carbocycles. The molecule has 2 unspecified atom stereocenters. The summed E-state index contributed by atoms with van der Waals surface area (Å²) in [5, 5.41) is 2.97. The highest BCUT2D eigenvalue weighted by Gasteiger charge is 2.21. The lowest BCUT2D eigenvalue weighted by atomic mass is 10.3. The second-order valence-electron chi connectivity index (χ2n) is 4.82. The Balaban J connectivity index is 2.20. The molecule has 0 saturated carbocycles. The van der Waals surface area contributed by atoms with Gasteiger partial charge in [-0.05, 0) is 26.8 Å². The number of aryl methyl sites for hydroxylation is 1. The standard InChI is InChI=1S/C14H15ClN4S/c1-8-7-20-14(17-8)10(3)19-12-4-5-16-6-11(12)18-13(19)9(2)15/h4-7,9-10H,1-3H3. The van der Waals surface area contributed by atoms with E-state index >= 15 is 0 Å². The topological polar surface area (TPSA) is 43.6 Å². The van der Waals surface area contributed by atoms with Crippen LogP contribution in [0.25, 0.3) is 11.0 Å². The van der Waals surface area contributed by atoms with E-state index in [0.717, 1.165) is 27.6 Å². The van der Waals surface area contributed by atoms with Crippen molar-refractivity contribution in [3.63, 3.8) is 0 Å². The van der Waals surface area contributed by atoms with Gasteiger partial charge in [-0.15, -0.1) is 22.9 Å². The van der Waals surface area contributed by atoms with Gasteiger partial charge in [0.1, 0.15) is 16.3 Å². The molecule has 3 aromatic heterocycles. The molecule has 0 aliphatic heterocycles. The van der Waals surface area contributed by atoms with Crippen LogP contribution in [0.15, 0.2) is 23.8 Å². The highest BCUT2D eigenvalue weighted by atomic mass is 35.5. The molecule has 0 spiro atoms. The first-order valence-electron chi connectivity index (χ1n) is 6.46. The smallest absolute Gasteiger partial charge is 0.128 e. The molecule has 6 heteroatoms. The highest BCUT2D eigenvalue weighted by Crippen LogP contribution is 2.31. The molecule has 2 atom stereocenters. The van der Waals surface area contributed by atoms with Crippen LogP contribution in [0.2, 0.25) is 0 Å². The van der Waals surface area contributed by atoms with Crippen LogP contribution in [0.5, 0.6) is 0 Å². The van der Waals surface area contributed by atoms with E-state index in [1.807, 2.05) is 19.9 Å². The zero-order valence-electron chi connectivity index (χ0n) is 11.5. The van der Waals surface area contributed by atoms with Crippen molar-refractivity contribution < 1.29 is 0 Å². The molecule has 20 heavy (non-hydrogen) atoms. The van der Waals surface area contributed by atoms with E-state index in [9.17, 15) is 0 Å². The Hall–Kier alpha value is -1.46. The van der Waals surface area contributed by atoms with Crippen molar-refractivity contribution in [1.29, 1.82) is 0 Å². The highest BCUT2D eigenvalue weighted by molar-refractivity contribution is 7.09. The van der Waals surface area contributed by atoms with Crippen molar-refractivity contribution in [3.05, 3.63) is 40.4 Å². The fraction of sp³-hybridized carbons (Fsp3) is 0.357. The number of nitrogens with zero attached hydrogens (tertiary/aromatic N) is 4. The number of fused-ring (bicyclic) bond motifs is 1. The second kappa shape index (κ2) is 5.14. The Morgan fingerprint density at radius 3 is 2.75 bits per heavy atom. The van der Waals surface area contributed by atoms with Gasteiger partial charge in [0.15, 0.2) is 0 Å². The lowest BCUT2D eigenvalue weighted by molar-refractivity contribution is 0.614. The number of hydrogen-bond donors (Lipinski definition) is 0. The maximum Gasteiger partial charge on any atom is 0.128 e. The SMILES string of the molecule is Cc1csc(C(C)n2c(C(C)Cl)nc3cnccc32)n1. The van der Waals surface area contributed by atoms with Gasteiger partial charge in [0, 0.05) is 17.3 Å². The Labute approximate surface area is 126 Å². The third kappa shape index (κ3) is 2.21. The minimum Gasteiger partial charge on any atom is -0.317 e. The molecule has 0 saturated heterocycles. The average molecular weight is 307 g/mol. The van der Waals surface area contributed by atoms with Crippen molar-refractivity contribution in [2.75, 3.05) is 0 Å². The van der Waals surface area contributed by atoms with Gasteiger partial charge >= 0.3 is 0 Å². The molecular formula is C14H15ClN4S. The first-order valence-corrected chi connectivity index (χ1v) is 7.77. The maximum absolute atomic E-state index is 6.30. The number of imidazole rings is 1. The molecule has 0 aromatic carbocycles. The van der Waals surface area contributed by atoms with Gasteiger partial charge in [-0.1, -0.05) is 0 Å². The molecule has 104 valence electrons. The summed E-state index contributed by atoms with van der Waals surface area (Å²) in [7, 11) is 0. The summed E-state index contributed by atoms with van der Waals surface area (Å²) in [4.78, 5) is 13.3. The van der Waals surface area contributed by atoms with E-state index in [1.165, 1.54) is 0 Å². The van der Waals surface area contributed by atoms with E-state index in [-0.39, 0.29) is 11.4 Å².